The molecule has 0 bridgehead atoms. The molecule has 3 rings (SSSR count). The summed E-state index contributed by atoms with van der Waals surface area (Å²) in [6.07, 6.45) is 2.56. The molecular formula is C17H23ClN2O. The first-order valence-electron chi connectivity index (χ1n) is 7.83. The van der Waals surface area contributed by atoms with Crippen LogP contribution in [0.25, 0.3) is 11.0 Å². The van der Waals surface area contributed by atoms with Gasteiger partial charge in [-0.25, -0.2) is 4.98 Å². The fourth-order valence-corrected chi connectivity index (χ4v) is 3.63. The zero-order valence-corrected chi connectivity index (χ0v) is 13.7. The summed E-state index contributed by atoms with van der Waals surface area (Å²) in [5.74, 6) is 1.53. The quantitative estimate of drug-likeness (QED) is 0.780. The lowest BCUT2D eigenvalue weighted by molar-refractivity contribution is 0.0835. The summed E-state index contributed by atoms with van der Waals surface area (Å²) in [6, 6.07) is 6.28. The van der Waals surface area contributed by atoms with Gasteiger partial charge in [-0.1, -0.05) is 19.1 Å². The molecule has 1 fully saturated rings. The van der Waals surface area contributed by atoms with Gasteiger partial charge in [0.25, 0.3) is 0 Å². The normalized spacial score (nSPS) is 23.8. The topological polar surface area (TPSA) is 27.1 Å². The molecule has 0 amide bonds. The van der Waals surface area contributed by atoms with E-state index < -0.39 is 0 Å². The second-order valence-electron chi connectivity index (χ2n) is 6.01. The monoisotopic (exact) mass is 306 g/mol. The largest absolute Gasteiger partial charge is 0.378 e. The van der Waals surface area contributed by atoms with Gasteiger partial charge in [0.2, 0.25) is 0 Å². The molecule has 0 spiro atoms. The summed E-state index contributed by atoms with van der Waals surface area (Å²) in [4.78, 5) is 4.76. The van der Waals surface area contributed by atoms with Crippen molar-refractivity contribution in [1.29, 1.82) is 0 Å². The number of imidazole rings is 1. The van der Waals surface area contributed by atoms with E-state index >= 15 is 0 Å². The van der Waals surface area contributed by atoms with Crippen LogP contribution in [0.2, 0.25) is 0 Å². The molecule has 1 saturated heterocycles. The molecule has 0 radical (unpaired) electrons. The van der Waals surface area contributed by atoms with Crippen molar-refractivity contribution in [3.8, 4) is 0 Å². The Labute approximate surface area is 131 Å². The molecule has 0 N–H and O–H groups in total. The highest BCUT2D eigenvalue weighted by atomic mass is 35.5. The van der Waals surface area contributed by atoms with Crippen LogP contribution in [0.5, 0.6) is 0 Å². The number of fused-ring (bicyclic) bond motifs is 1. The fraction of sp³-hybridized carbons (Fsp3) is 0.588. The Kier molecular flexibility index (Phi) is 4.23. The predicted octanol–water partition coefficient (Wildman–Crippen LogP) is 4.46. The first-order chi connectivity index (χ1) is 10.1. The molecule has 1 aliphatic heterocycles. The Morgan fingerprint density at radius 3 is 3.00 bits per heavy atom. The summed E-state index contributed by atoms with van der Waals surface area (Å²) >= 11 is 6.37. The van der Waals surface area contributed by atoms with Gasteiger partial charge in [0, 0.05) is 19.1 Å². The van der Waals surface area contributed by atoms with Gasteiger partial charge < -0.3 is 9.30 Å². The van der Waals surface area contributed by atoms with Crippen LogP contribution in [0.15, 0.2) is 18.2 Å². The van der Waals surface area contributed by atoms with Crippen molar-refractivity contribution in [3.05, 3.63) is 29.6 Å². The van der Waals surface area contributed by atoms with Gasteiger partial charge in [0.05, 0.1) is 22.5 Å². The number of hydrogen-bond donors (Lipinski definition) is 0. The molecule has 114 valence electrons. The highest BCUT2D eigenvalue weighted by molar-refractivity contribution is 6.20. The van der Waals surface area contributed by atoms with Crippen LogP contribution in [0, 0.1) is 12.8 Å². The molecule has 2 aromatic rings. The van der Waals surface area contributed by atoms with E-state index in [-0.39, 0.29) is 5.38 Å². The number of nitrogens with zero attached hydrogens (tertiary/aromatic N) is 2. The van der Waals surface area contributed by atoms with Gasteiger partial charge in [-0.2, -0.15) is 0 Å². The lowest BCUT2D eigenvalue weighted by atomic mass is 9.99. The third-order valence-corrected chi connectivity index (χ3v) is 4.71. The molecule has 21 heavy (non-hydrogen) atoms. The van der Waals surface area contributed by atoms with E-state index in [0.29, 0.717) is 12.0 Å². The first-order valence-corrected chi connectivity index (χ1v) is 8.26. The second-order valence-corrected chi connectivity index (χ2v) is 6.66. The fourth-order valence-electron chi connectivity index (χ4n) is 3.46. The lowest BCUT2D eigenvalue weighted by Gasteiger charge is -2.20. The van der Waals surface area contributed by atoms with Crippen molar-refractivity contribution in [2.45, 2.75) is 51.6 Å². The standard InChI is InChI=1S/C17H23ClN2O/c1-4-15-13(8-9-21-15)10-20-16-11(2)6-5-7-14(16)19-17(20)12(3)18/h5-7,12-13,15H,4,8-10H2,1-3H3. The zero-order valence-electron chi connectivity index (χ0n) is 13.0. The third-order valence-electron chi connectivity index (χ3n) is 4.52. The molecule has 4 heteroatoms. The van der Waals surface area contributed by atoms with Crippen LogP contribution in [0.1, 0.15) is 43.5 Å². The zero-order chi connectivity index (χ0) is 15.0. The van der Waals surface area contributed by atoms with E-state index in [1.807, 2.05) is 6.92 Å². The summed E-state index contributed by atoms with van der Waals surface area (Å²) in [7, 11) is 0. The van der Waals surface area contributed by atoms with Crippen molar-refractivity contribution >= 4 is 22.6 Å². The molecule has 0 saturated carbocycles. The van der Waals surface area contributed by atoms with Crippen molar-refractivity contribution in [2.75, 3.05) is 6.61 Å². The molecule has 3 nitrogen and oxygen atoms in total. The van der Waals surface area contributed by atoms with Crippen molar-refractivity contribution in [1.82, 2.24) is 9.55 Å². The van der Waals surface area contributed by atoms with E-state index in [1.54, 1.807) is 0 Å². The lowest BCUT2D eigenvalue weighted by Crippen LogP contribution is -2.21. The third kappa shape index (κ3) is 2.69. The minimum Gasteiger partial charge on any atom is -0.378 e. The Balaban J connectivity index is 2.05. The summed E-state index contributed by atoms with van der Waals surface area (Å²) in [5.41, 5.74) is 3.53. The van der Waals surface area contributed by atoms with E-state index in [9.17, 15) is 0 Å². The first kappa shape index (κ1) is 14.9. The van der Waals surface area contributed by atoms with E-state index in [0.717, 1.165) is 37.3 Å². The Morgan fingerprint density at radius 2 is 2.29 bits per heavy atom. The van der Waals surface area contributed by atoms with E-state index in [2.05, 4.69) is 36.6 Å². The number of halogens is 1. The highest BCUT2D eigenvalue weighted by Gasteiger charge is 2.29. The summed E-state index contributed by atoms with van der Waals surface area (Å²) in [5, 5.41) is -0.0841. The minimum atomic E-state index is -0.0841. The maximum atomic E-state index is 6.37. The maximum Gasteiger partial charge on any atom is 0.127 e. The Hall–Kier alpha value is -1.06. The van der Waals surface area contributed by atoms with Crippen molar-refractivity contribution < 1.29 is 4.74 Å². The minimum absolute atomic E-state index is 0.0841. The number of ether oxygens (including phenoxy) is 1. The number of aryl methyl sites for hydroxylation is 1. The van der Waals surface area contributed by atoms with Crippen molar-refractivity contribution in [3.63, 3.8) is 0 Å². The maximum absolute atomic E-state index is 6.37. The molecule has 0 aliphatic carbocycles. The average Bonchev–Trinajstić information content (AvgIpc) is 3.04. The molecular weight excluding hydrogens is 284 g/mol. The van der Waals surface area contributed by atoms with Crippen LogP contribution < -0.4 is 0 Å². The van der Waals surface area contributed by atoms with Gasteiger partial charge in [-0.05, 0) is 38.3 Å². The molecule has 1 aromatic carbocycles. The van der Waals surface area contributed by atoms with Crippen LogP contribution >= 0.6 is 11.6 Å². The SMILES string of the molecule is CCC1OCCC1Cn1c(C(C)Cl)nc2cccc(C)c21. The van der Waals surface area contributed by atoms with E-state index in [4.69, 9.17) is 21.3 Å². The second kappa shape index (κ2) is 5.98. The molecule has 2 heterocycles. The summed E-state index contributed by atoms with van der Waals surface area (Å²) in [6.45, 7) is 8.17. The molecule has 1 aromatic heterocycles. The smallest absolute Gasteiger partial charge is 0.127 e. The van der Waals surface area contributed by atoms with Gasteiger partial charge >= 0.3 is 0 Å². The van der Waals surface area contributed by atoms with Crippen LogP contribution in [0.3, 0.4) is 0 Å². The molecule has 3 unspecified atom stereocenters. The molecule has 1 aliphatic rings. The molecule has 3 atom stereocenters. The van der Waals surface area contributed by atoms with Crippen LogP contribution in [-0.4, -0.2) is 22.3 Å². The number of benzene rings is 1. The number of para-hydroxylation sites is 1. The van der Waals surface area contributed by atoms with Gasteiger partial charge in [-0.15, -0.1) is 11.6 Å². The predicted molar refractivity (Wildman–Crippen MR) is 86.9 cm³/mol. The van der Waals surface area contributed by atoms with Crippen LogP contribution in [0.4, 0.5) is 0 Å². The van der Waals surface area contributed by atoms with Crippen LogP contribution in [-0.2, 0) is 11.3 Å². The Morgan fingerprint density at radius 1 is 1.48 bits per heavy atom. The van der Waals surface area contributed by atoms with E-state index in [1.165, 1.54) is 11.1 Å². The number of alkyl halides is 1. The van der Waals surface area contributed by atoms with Gasteiger partial charge in [0.1, 0.15) is 5.82 Å². The highest BCUT2D eigenvalue weighted by Crippen LogP contribution is 2.31. The van der Waals surface area contributed by atoms with Crippen molar-refractivity contribution in [2.24, 2.45) is 5.92 Å². The summed E-state index contributed by atoms with van der Waals surface area (Å²) < 4.78 is 8.16. The average molecular weight is 307 g/mol. The number of aromatic nitrogens is 2. The number of rotatable bonds is 4. The number of hydrogen-bond acceptors (Lipinski definition) is 2. The van der Waals surface area contributed by atoms with Gasteiger partial charge in [0.15, 0.2) is 0 Å². The van der Waals surface area contributed by atoms with Gasteiger partial charge in [-0.3, -0.25) is 0 Å². The Bertz CT molecular complexity index is 635.